The first-order valence-electron chi connectivity index (χ1n) is 5.83. The van der Waals surface area contributed by atoms with Crippen LogP contribution in [0.5, 0.6) is 0 Å². The molecule has 0 aromatic heterocycles. The van der Waals surface area contributed by atoms with E-state index in [1.54, 1.807) is 0 Å². The largest absolute Gasteiger partial charge is 0.464 e. The summed E-state index contributed by atoms with van der Waals surface area (Å²) in [5, 5.41) is -7.34. The first kappa shape index (κ1) is 25.6. The van der Waals surface area contributed by atoms with E-state index < -0.39 is 57.7 Å². The highest BCUT2D eigenvalue weighted by Crippen LogP contribution is 2.60. The lowest BCUT2D eigenvalue weighted by Gasteiger charge is -2.34. The second-order valence-electron chi connectivity index (χ2n) is 4.79. The molecule has 1 heterocycles. The molecule has 21 heteroatoms. The summed E-state index contributed by atoms with van der Waals surface area (Å²) < 4.78 is 206. The van der Waals surface area contributed by atoms with Crippen LogP contribution in [0, 0.1) is 0 Å². The molecule has 1 rings (SSSR count). The summed E-state index contributed by atoms with van der Waals surface area (Å²) in [5.74, 6) is -13.3. The Labute approximate surface area is 147 Å². The Hall–Kier alpha value is -1.48. The molecular weight excluding hydrogens is 490 g/mol. The summed E-state index contributed by atoms with van der Waals surface area (Å²) in [6.07, 6.45) is -28.8. The Morgan fingerprint density at radius 3 is 1.55 bits per heavy atom. The zero-order valence-corrected chi connectivity index (χ0v) is 13.0. The van der Waals surface area contributed by atoms with E-state index in [1.807, 2.05) is 0 Å². The Kier molecular flexibility index (Phi) is 5.52. The molecule has 0 saturated carbocycles. The minimum absolute atomic E-state index is 1.53. The monoisotopic (exact) mass is 490 g/mol. The molecule has 1 fully saturated rings. The van der Waals surface area contributed by atoms with Crippen LogP contribution in [-0.2, 0) is 29.2 Å². The molecular formula is C8F14O6S. The third-order valence-corrected chi connectivity index (χ3v) is 3.69. The van der Waals surface area contributed by atoms with Gasteiger partial charge < -0.3 is 0 Å². The van der Waals surface area contributed by atoms with Gasteiger partial charge in [0.05, 0.1) is 0 Å². The molecule has 0 N–H and O–H groups in total. The number of ether oxygens (including phenoxy) is 3. The van der Waals surface area contributed by atoms with Gasteiger partial charge in [0.1, 0.15) is 0 Å². The molecule has 0 bridgehead atoms. The van der Waals surface area contributed by atoms with Crippen LogP contribution in [0.15, 0.2) is 0 Å². The summed E-state index contributed by atoms with van der Waals surface area (Å²) in [7, 11) is -7.88. The fourth-order valence-electron chi connectivity index (χ4n) is 1.49. The van der Waals surface area contributed by atoms with E-state index >= 15 is 0 Å². The summed E-state index contributed by atoms with van der Waals surface area (Å²) >= 11 is 0. The standard InChI is InChI=1S/C8F14O6S/c9-1(23)2(4(11,12)13)26-3(10,5(14,15)27-2)6(16,17)28-7(18,19)8(20,21)29(22,24)25. The average molecular weight is 490 g/mol. The quantitative estimate of drug-likeness (QED) is 0.421. The van der Waals surface area contributed by atoms with Gasteiger partial charge in [-0.3, -0.25) is 14.3 Å². The topological polar surface area (TPSA) is 78.9 Å². The predicted octanol–water partition coefficient (Wildman–Crippen LogP) is 3.14. The van der Waals surface area contributed by atoms with Crippen LogP contribution in [0.4, 0.5) is 61.0 Å². The lowest BCUT2D eigenvalue weighted by atomic mass is 10.2. The predicted molar refractivity (Wildman–Crippen MR) is 51.8 cm³/mol. The van der Waals surface area contributed by atoms with Gasteiger partial charge in [-0.25, -0.2) is 4.74 Å². The SMILES string of the molecule is O=C(F)C1(C(F)(F)F)OC(F)(F)C(F)(C(F)(F)OC(F)(F)C(F)(F)S(=O)(=O)F)O1. The van der Waals surface area contributed by atoms with Crippen LogP contribution in [-0.4, -0.2) is 55.9 Å². The third kappa shape index (κ3) is 3.50. The average Bonchev–Trinajstić information content (AvgIpc) is 2.65. The summed E-state index contributed by atoms with van der Waals surface area (Å²) in [6.45, 7) is 0. The highest BCUT2D eigenvalue weighted by molar-refractivity contribution is 7.87. The van der Waals surface area contributed by atoms with Gasteiger partial charge in [-0.2, -0.15) is 65.5 Å². The van der Waals surface area contributed by atoms with Crippen molar-refractivity contribution in [1.82, 2.24) is 0 Å². The number of hydrogen-bond donors (Lipinski definition) is 0. The Bertz CT molecular complexity index is 790. The van der Waals surface area contributed by atoms with Gasteiger partial charge in [0.15, 0.2) is 0 Å². The van der Waals surface area contributed by atoms with E-state index in [-0.39, 0.29) is 0 Å². The van der Waals surface area contributed by atoms with Crippen LogP contribution < -0.4 is 0 Å². The van der Waals surface area contributed by atoms with Gasteiger partial charge in [0.2, 0.25) is 0 Å². The molecule has 0 radical (unpaired) electrons. The fourth-order valence-corrected chi connectivity index (χ4v) is 1.81. The van der Waals surface area contributed by atoms with E-state index in [1.165, 1.54) is 4.74 Å². The number of alkyl halides is 12. The van der Waals surface area contributed by atoms with Gasteiger partial charge in [-0.05, 0) is 0 Å². The molecule has 0 aliphatic carbocycles. The maximum atomic E-state index is 13.9. The molecule has 0 aromatic rings. The molecule has 2 atom stereocenters. The van der Waals surface area contributed by atoms with Crippen LogP contribution in [0.2, 0.25) is 0 Å². The van der Waals surface area contributed by atoms with Crippen molar-refractivity contribution in [1.29, 1.82) is 0 Å². The van der Waals surface area contributed by atoms with Crippen molar-refractivity contribution in [2.24, 2.45) is 0 Å². The van der Waals surface area contributed by atoms with Crippen LogP contribution in [0.1, 0.15) is 0 Å². The zero-order valence-electron chi connectivity index (χ0n) is 12.1. The van der Waals surface area contributed by atoms with Crippen molar-refractivity contribution in [2.75, 3.05) is 0 Å². The van der Waals surface area contributed by atoms with E-state index in [0.29, 0.717) is 0 Å². The Morgan fingerprint density at radius 1 is 0.862 bits per heavy atom. The van der Waals surface area contributed by atoms with E-state index in [2.05, 4.69) is 9.47 Å². The van der Waals surface area contributed by atoms with Crippen LogP contribution in [0.3, 0.4) is 0 Å². The third-order valence-electron chi connectivity index (χ3n) is 2.84. The molecule has 6 nitrogen and oxygen atoms in total. The lowest BCUT2D eigenvalue weighted by Crippen LogP contribution is -2.62. The van der Waals surface area contributed by atoms with Gasteiger partial charge in [0, 0.05) is 0 Å². The van der Waals surface area contributed by atoms with Crippen molar-refractivity contribution >= 4 is 16.3 Å². The zero-order chi connectivity index (χ0) is 23.7. The highest BCUT2D eigenvalue weighted by atomic mass is 32.3. The normalized spacial score (nSPS) is 29.2. The van der Waals surface area contributed by atoms with Gasteiger partial charge in [0.25, 0.3) is 0 Å². The minimum Gasteiger partial charge on any atom is -0.282 e. The van der Waals surface area contributed by atoms with Crippen molar-refractivity contribution < 1.29 is 88.4 Å². The van der Waals surface area contributed by atoms with Gasteiger partial charge in [-0.1, -0.05) is 3.89 Å². The molecule has 1 aliphatic rings. The second kappa shape index (κ2) is 6.26. The maximum absolute atomic E-state index is 13.9. The molecule has 2 unspecified atom stereocenters. The molecule has 0 amide bonds. The van der Waals surface area contributed by atoms with Gasteiger partial charge in [-0.15, -0.1) is 0 Å². The van der Waals surface area contributed by atoms with Crippen molar-refractivity contribution in [3.63, 3.8) is 0 Å². The first-order valence-corrected chi connectivity index (χ1v) is 7.21. The van der Waals surface area contributed by atoms with Crippen molar-refractivity contribution in [2.45, 2.75) is 41.4 Å². The maximum Gasteiger partial charge on any atom is 0.464 e. The van der Waals surface area contributed by atoms with Crippen molar-refractivity contribution in [3.8, 4) is 0 Å². The van der Waals surface area contributed by atoms with Crippen LogP contribution >= 0.6 is 0 Å². The minimum atomic E-state index is -7.88. The number of carbonyl (C=O) groups excluding carboxylic acids is 1. The Balaban J connectivity index is 3.56. The van der Waals surface area contributed by atoms with Gasteiger partial charge >= 0.3 is 57.7 Å². The lowest BCUT2D eigenvalue weighted by molar-refractivity contribution is -0.493. The molecule has 172 valence electrons. The van der Waals surface area contributed by atoms with Crippen molar-refractivity contribution in [3.05, 3.63) is 0 Å². The summed E-state index contributed by atoms with van der Waals surface area (Å²) in [5.41, 5.74) is 0. The molecule has 0 aromatic carbocycles. The number of carbonyl (C=O) groups is 1. The first-order chi connectivity index (χ1) is 12.3. The second-order valence-corrected chi connectivity index (χ2v) is 6.18. The molecule has 1 aliphatic heterocycles. The van der Waals surface area contributed by atoms with E-state index in [9.17, 15) is 74.2 Å². The Morgan fingerprint density at radius 2 is 1.28 bits per heavy atom. The summed E-state index contributed by atoms with van der Waals surface area (Å²) in [4.78, 5) is 10.3. The molecule has 1 saturated heterocycles. The molecule has 0 spiro atoms. The fraction of sp³-hybridized carbons (Fsp3) is 0.875. The number of rotatable bonds is 6. The van der Waals surface area contributed by atoms with E-state index in [0.717, 1.165) is 0 Å². The number of halogens is 14. The van der Waals surface area contributed by atoms with Crippen LogP contribution in [0.25, 0.3) is 0 Å². The smallest absolute Gasteiger partial charge is 0.282 e. The number of hydrogen-bond acceptors (Lipinski definition) is 6. The molecule has 29 heavy (non-hydrogen) atoms. The summed E-state index contributed by atoms with van der Waals surface area (Å²) in [6, 6.07) is -4.29. The highest BCUT2D eigenvalue weighted by Gasteiger charge is 2.90. The van der Waals surface area contributed by atoms with E-state index in [4.69, 9.17) is 0 Å².